The van der Waals surface area contributed by atoms with Gasteiger partial charge in [0, 0.05) is 0 Å². The largest absolute Gasteiger partial charge is 0.384 e. The molecule has 0 atom stereocenters. The number of benzene rings is 4. The highest BCUT2D eigenvalue weighted by atomic mass is 16.3. The van der Waals surface area contributed by atoms with E-state index in [1.54, 1.807) is 0 Å². The Bertz CT molecular complexity index is 1090. The Morgan fingerprint density at radius 1 is 0.429 bits per heavy atom. The summed E-state index contributed by atoms with van der Waals surface area (Å²) in [5.41, 5.74) is 8.15. The second kappa shape index (κ2) is 5.91. The van der Waals surface area contributed by atoms with Gasteiger partial charge in [0.1, 0.15) is 12.2 Å². The van der Waals surface area contributed by atoms with Crippen LogP contribution in [0, 0.1) is 27.7 Å². The SMILES string of the molecule is Cc1cc2cc3c(cc2cc1C)C(O)c1cc2cc(C)c(C)cc2cc1C3O. The van der Waals surface area contributed by atoms with E-state index < -0.39 is 12.2 Å². The molecule has 0 heterocycles. The molecule has 0 unspecified atom stereocenters. The van der Waals surface area contributed by atoms with Crippen molar-refractivity contribution >= 4 is 21.5 Å². The molecule has 1 aliphatic rings. The predicted molar refractivity (Wildman–Crippen MR) is 115 cm³/mol. The fraction of sp³-hybridized carbons (Fsp3) is 0.231. The minimum atomic E-state index is -0.731. The lowest BCUT2D eigenvalue weighted by Gasteiger charge is -2.30. The van der Waals surface area contributed by atoms with Crippen LogP contribution in [0.4, 0.5) is 0 Å². The highest BCUT2D eigenvalue weighted by Crippen LogP contribution is 2.44. The van der Waals surface area contributed by atoms with E-state index in [-0.39, 0.29) is 0 Å². The zero-order valence-corrected chi connectivity index (χ0v) is 16.7. The van der Waals surface area contributed by atoms with Gasteiger partial charge in [-0.3, -0.25) is 0 Å². The van der Waals surface area contributed by atoms with Crippen LogP contribution in [0.15, 0.2) is 48.5 Å². The van der Waals surface area contributed by atoms with Crippen LogP contribution in [0.25, 0.3) is 21.5 Å². The Balaban J connectivity index is 1.77. The molecule has 2 nitrogen and oxygen atoms in total. The number of rotatable bonds is 0. The summed E-state index contributed by atoms with van der Waals surface area (Å²) in [4.78, 5) is 0. The number of hydrogen-bond donors (Lipinski definition) is 2. The van der Waals surface area contributed by atoms with E-state index in [2.05, 4.69) is 52.0 Å². The molecule has 4 aromatic carbocycles. The smallest absolute Gasteiger partial charge is 0.105 e. The van der Waals surface area contributed by atoms with E-state index in [1.807, 2.05) is 24.3 Å². The van der Waals surface area contributed by atoms with E-state index in [0.717, 1.165) is 43.8 Å². The monoisotopic (exact) mass is 368 g/mol. The molecule has 4 aromatic rings. The van der Waals surface area contributed by atoms with Gasteiger partial charge in [-0.1, -0.05) is 24.3 Å². The van der Waals surface area contributed by atoms with Gasteiger partial charge in [-0.15, -0.1) is 0 Å². The van der Waals surface area contributed by atoms with Gasteiger partial charge in [-0.25, -0.2) is 0 Å². The van der Waals surface area contributed by atoms with E-state index in [0.29, 0.717) is 0 Å². The molecular formula is C26H24O2. The lowest BCUT2D eigenvalue weighted by molar-refractivity contribution is 0.174. The van der Waals surface area contributed by atoms with Crippen LogP contribution in [0.1, 0.15) is 56.7 Å². The zero-order chi connectivity index (χ0) is 19.7. The third-order valence-electron chi connectivity index (χ3n) is 6.49. The number of hydrogen-bond acceptors (Lipinski definition) is 2. The fourth-order valence-corrected chi connectivity index (χ4v) is 4.51. The maximum absolute atomic E-state index is 11.2. The summed E-state index contributed by atoms with van der Waals surface area (Å²) < 4.78 is 0. The van der Waals surface area contributed by atoms with Crippen molar-refractivity contribution in [3.63, 3.8) is 0 Å². The van der Waals surface area contributed by atoms with Crippen LogP contribution in [0.2, 0.25) is 0 Å². The van der Waals surface area contributed by atoms with Crippen LogP contribution >= 0.6 is 0 Å². The maximum Gasteiger partial charge on any atom is 0.105 e. The normalized spacial score (nSPS) is 18.4. The van der Waals surface area contributed by atoms with Gasteiger partial charge in [0.05, 0.1) is 0 Å². The fourth-order valence-electron chi connectivity index (χ4n) is 4.51. The molecule has 0 spiro atoms. The van der Waals surface area contributed by atoms with Gasteiger partial charge in [-0.05, 0) is 118 Å². The van der Waals surface area contributed by atoms with Crippen molar-refractivity contribution in [3.8, 4) is 0 Å². The van der Waals surface area contributed by atoms with Gasteiger partial charge in [-0.2, -0.15) is 0 Å². The van der Waals surface area contributed by atoms with Gasteiger partial charge >= 0.3 is 0 Å². The van der Waals surface area contributed by atoms with E-state index >= 15 is 0 Å². The van der Waals surface area contributed by atoms with Crippen molar-refractivity contribution in [1.29, 1.82) is 0 Å². The molecule has 140 valence electrons. The predicted octanol–water partition coefficient (Wildman–Crippen LogP) is 5.70. The summed E-state index contributed by atoms with van der Waals surface area (Å²) in [5, 5.41) is 26.8. The lowest BCUT2D eigenvalue weighted by atomic mass is 9.79. The van der Waals surface area contributed by atoms with Crippen LogP contribution in [-0.4, -0.2) is 10.2 Å². The summed E-state index contributed by atoms with van der Waals surface area (Å²) >= 11 is 0. The molecule has 0 amide bonds. The van der Waals surface area contributed by atoms with Crippen LogP contribution in [-0.2, 0) is 0 Å². The average molecular weight is 368 g/mol. The highest BCUT2D eigenvalue weighted by Gasteiger charge is 2.31. The minimum Gasteiger partial charge on any atom is -0.384 e. The molecule has 2 N–H and O–H groups in total. The first-order valence-electron chi connectivity index (χ1n) is 9.79. The summed E-state index contributed by atoms with van der Waals surface area (Å²) in [5.74, 6) is 0. The van der Waals surface area contributed by atoms with Crippen LogP contribution in [0.5, 0.6) is 0 Å². The molecule has 2 heteroatoms. The molecule has 0 aliphatic heterocycles. The number of aryl methyl sites for hydroxylation is 4. The second-order valence-electron chi connectivity index (χ2n) is 8.33. The molecule has 0 bridgehead atoms. The first kappa shape index (κ1) is 17.4. The van der Waals surface area contributed by atoms with Gasteiger partial charge in [0.25, 0.3) is 0 Å². The summed E-state index contributed by atoms with van der Waals surface area (Å²) in [7, 11) is 0. The molecule has 0 aromatic heterocycles. The summed E-state index contributed by atoms with van der Waals surface area (Å²) in [6.45, 7) is 8.41. The van der Waals surface area contributed by atoms with Crippen LogP contribution < -0.4 is 0 Å². The van der Waals surface area contributed by atoms with Crippen molar-refractivity contribution in [2.45, 2.75) is 39.9 Å². The average Bonchev–Trinajstić information content (AvgIpc) is 2.66. The van der Waals surface area contributed by atoms with Crippen LogP contribution in [0.3, 0.4) is 0 Å². The quantitative estimate of drug-likeness (QED) is 0.418. The number of fused-ring (bicyclic) bond motifs is 4. The highest BCUT2D eigenvalue weighted by molar-refractivity contribution is 5.89. The van der Waals surface area contributed by atoms with Gasteiger partial charge < -0.3 is 10.2 Å². The lowest BCUT2D eigenvalue weighted by Crippen LogP contribution is -2.18. The second-order valence-corrected chi connectivity index (χ2v) is 8.33. The Labute approximate surface area is 165 Å². The first-order valence-corrected chi connectivity index (χ1v) is 9.79. The third kappa shape index (κ3) is 2.42. The number of aliphatic hydroxyl groups is 2. The first-order chi connectivity index (χ1) is 13.3. The van der Waals surface area contributed by atoms with Crippen molar-refractivity contribution < 1.29 is 10.2 Å². The Kier molecular flexibility index (Phi) is 3.67. The molecule has 28 heavy (non-hydrogen) atoms. The molecule has 0 fully saturated rings. The topological polar surface area (TPSA) is 40.5 Å². The molecule has 5 rings (SSSR count). The van der Waals surface area contributed by atoms with Crippen molar-refractivity contribution in [2.75, 3.05) is 0 Å². The molecule has 1 aliphatic carbocycles. The number of aliphatic hydroxyl groups excluding tert-OH is 2. The third-order valence-corrected chi connectivity index (χ3v) is 6.49. The Morgan fingerprint density at radius 3 is 0.857 bits per heavy atom. The molecule has 0 radical (unpaired) electrons. The minimum absolute atomic E-state index is 0.731. The van der Waals surface area contributed by atoms with E-state index in [1.165, 1.54) is 22.3 Å². The summed E-state index contributed by atoms with van der Waals surface area (Å²) in [6.07, 6.45) is -1.46. The summed E-state index contributed by atoms with van der Waals surface area (Å²) in [6, 6.07) is 16.8. The van der Waals surface area contributed by atoms with Crippen molar-refractivity contribution in [3.05, 3.63) is 93.0 Å². The van der Waals surface area contributed by atoms with Gasteiger partial charge in [0.15, 0.2) is 0 Å². The van der Waals surface area contributed by atoms with Gasteiger partial charge in [0.2, 0.25) is 0 Å². The maximum atomic E-state index is 11.2. The zero-order valence-electron chi connectivity index (χ0n) is 16.7. The van der Waals surface area contributed by atoms with E-state index in [4.69, 9.17) is 0 Å². The Hall–Kier alpha value is -2.68. The standard InChI is InChI=1S/C26H24O2/c1-13-5-17-9-21-22(10-18(17)6-14(13)2)26(28)24-12-20-8-16(4)15(3)7-19(20)11-23(24)25(21)27/h5-12,25-28H,1-4H3. The Morgan fingerprint density at radius 2 is 0.643 bits per heavy atom. The van der Waals surface area contributed by atoms with E-state index in [9.17, 15) is 10.2 Å². The molecular weight excluding hydrogens is 344 g/mol. The molecule has 0 saturated heterocycles. The van der Waals surface area contributed by atoms with Crippen molar-refractivity contribution in [1.82, 2.24) is 0 Å². The van der Waals surface area contributed by atoms with Crippen molar-refractivity contribution in [2.24, 2.45) is 0 Å². The molecule has 0 saturated carbocycles.